The maximum atomic E-state index is 11.9. The Bertz CT molecular complexity index is 340. The number of halogens is 4. The fourth-order valence-corrected chi connectivity index (χ4v) is 1.20. The molecule has 17 heavy (non-hydrogen) atoms. The first-order valence-electron chi connectivity index (χ1n) is 5.32. The molecule has 1 aromatic rings. The first kappa shape index (κ1) is 16.0. The summed E-state index contributed by atoms with van der Waals surface area (Å²) in [6.45, 7) is 5.54. The van der Waals surface area contributed by atoms with Crippen molar-refractivity contribution >= 4 is 17.3 Å². The van der Waals surface area contributed by atoms with E-state index < -0.39 is 12.6 Å². The van der Waals surface area contributed by atoms with E-state index in [1.807, 2.05) is 13.8 Å². The topological polar surface area (TPSA) is 24.9 Å². The minimum absolute atomic E-state index is 0.162. The Kier molecular flexibility index (Phi) is 6.95. The van der Waals surface area contributed by atoms with Crippen LogP contribution >= 0.6 is 11.6 Å². The van der Waals surface area contributed by atoms with Crippen molar-refractivity contribution in [3.05, 3.63) is 23.0 Å². The molecule has 0 aliphatic heterocycles. The Labute approximate surface area is 104 Å². The van der Waals surface area contributed by atoms with Crippen LogP contribution in [-0.4, -0.2) is 17.7 Å². The third kappa shape index (κ3) is 6.36. The summed E-state index contributed by atoms with van der Waals surface area (Å²) in [6.07, 6.45) is -3.56. The number of alkyl halides is 3. The van der Waals surface area contributed by atoms with Crippen LogP contribution < -0.4 is 5.32 Å². The summed E-state index contributed by atoms with van der Waals surface area (Å²) in [7, 11) is 0. The highest BCUT2D eigenvalue weighted by Gasteiger charge is 2.26. The van der Waals surface area contributed by atoms with Crippen LogP contribution in [0.1, 0.15) is 25.8 Å². The van der Waals surface area contributed by atoms with E-state index in [2.05, 4.69) is 10.3 Å². The number of anilines is 1. The number of hydrogen-bond acceptors (Lipinski definition) is 2. The number of nitrogens with one attached hydrogen (secondary N) is 1. The van der Waals surface area contributed by atoms with Crippen LogP contribution in [0, 0.1) is 6.92 Å². The average molecular weight is 269 g/mol. The Morgan fingerprint density at radius 1 is 1.35 bits per heavy atom. The number of hydrogen-bond donors (Lipinski definition) is 1. The fourth-order valence-electron chi connectivity index (χ4n) is 1.04. The van der Waals surface area contributed by atoms with Gasteiger partial charge < -0.3 is 5.32 Å². The van der Waals surface area contributed by atoms with Gasteiger partial charge in [0.05, 0.1) is 6.42 Å². The van der Waals surface area contributed by atoms with Crippen molar-refractivity contribution in [1.29, 1.82) is 0 Å². The normalized spacial score (nSPS) is 10.5. The number of pyridine rings is 1. The van der Waals surface area contributed by atoms with Gasteiger partial charge in [-0.3, -0.25) is 0 Å². The maximum absolute atomic E-state index is 11.9. The van der Waals surface area contributed by atoms with Crippen molar-refractivity contribution in [2.24, 2.45) is 0 Å². The second-order valence-electron chi connectivity index (χ2n) is 3.07. The van der Waals surface area contributed by atoms with E-state index in [0.717, 1.165) is 0 Å². The predicted molar refractivity (Wildman–Crippen MR) is 64.5 cm³/mol. The van der Waals surface area contributed by atoms with E-state index >= 15 is 0 Å². The quantitative estimate of drug-likeness (QED) is 0.820. The Balaban J connectivity index is 0.00000121. The first-order valence-corrected chi connectivity index (χ1v) is 5.69. The highest BCUT2D eigenvalue weighted by Crippen LogP contribution is 2.22. The first-order chi connectivity index (χ1) is 7.90. The molecule has 0 aromatic carbocycles. The lowest BCUT2D eigenvalue weighted by Gasteiger charge is -2.11. The predicted octanol–water partition coefficient (Wildman–Crippen LogP) is 4.43. The molecular weight excluding hydrogens is 253 g/mol. The molecule has 0 saturated heterocycles. The molecule has 0 saturated carbocycles. The van der Waals surface area contributed by atoms with Crippen molar-refractivity contribution in [3.8, 4) is 0 Å². The standard InChI is InChI=1S/C9H10ClF3N2.C2H6/c1-6-7(2-4-15-8(6)10)14-5-3-9(11,12)13;1-2/h2,4H,3,5H2,1H3,(H,14,15);1-2H3. The van der Waals surface area contributed by atoms with Gasteiger partial charge in [-0.05, 0) is 13.0 Å². The largest absolute Gasteiger partial charge is 0.390 e. The van der Waals surface area contributed by atoms with Gasteiger partial charge in [0.15, 0.2) is 0 Å². The third-order valence-corrected chi connectivity index (χ3v) is 2.25. The summed E-state index contributed by atoms with van der Waals surface area (Å²) in [6, 6.07) is 1.59. The van der Waals surface area contributed by atoms with Crippen LogP contribution in [0.2, 0.25) is 5.15 Å². The summed E-state index contributed by atoms with van der Waals surface area (Å²) in [5, 5.41) is 2.96. The zero-order valence-corrected chi connectivity index (χ0v) is 10.8. The molecule has 1 heterocycles. The van der Waals surface area contributed by atoms with Crippen LogP contribution in [0.4, 0.5) is 18.9 Å². The smallest absolute Gasteiger partial charge is 0.384 e. The fraction of sp³-hybridized carbons (Fsp3) is 0.545. The molecule has 0 unspecified atom stereocenters. The van der Waals surface area contributed by atoms with Gasteiger partial charge in [0.1, 0.15) is 5.15 Å². The van der Waals surface area contributed by atoms with Crippen molar-refractivity contribution in [2.75, 3.05) is 11.9 Å². The molecule has 98 valence electrons. The lowest BCUT2D eigenvalue weighted by molar-refractivity contribution is -0.131. The van der Waals surface area contributed by atoms with Crippen LogP contribution in [0.5, 0.6) is 0 Å². The molecule has 1 aromatic heterocycles. The van der Waals surface area contributed by atoms with Crippen LogP contribution in [0.15, 0.2) is 12.3 Å². The highest BCUT2D eigenvalue weighted by molar-refractivity contribution is 6.30. The van der Waals surface area contributed by atoms with Crippen molar-refractivity contribution in [3.63, 3.8) is 0 Å². The Hall–Kier alpha value is -0.970. The molecule has 0 aliphatic rings. The van der Waals surface area contributed by atoms with Gasteiger partial charge in [0.25, 0.3) is 0 Å². The van der Waals surface area contributed by atoms with Crippen LogP contribution in [0.3, 0.4) is 0 Å². The zero-order valence-electron chi connectivity index (χ0n) is 10.0. The lowest BCUT2D eigenvalue weighted by Crippen LogP contribution is -2.15. The Morgan fingerprint density at radius 3 is 2.47 bits per heavy atom. The van der Waals surface area contributed by atoms with E-state index in [1.165, 1.54) is 6.20 Å². The van der Waals surface area contributed by atoms with Crippen molar-refractivity contribution < 1.29 is 13.2 Å². The van der Waals surface area contributed by atoms with Crippen molar-refractivity contribution in [2.45, 2.75) is 33.4 Å². The van der Waals surface area contributed by atoms with Crippen molar-refractivity contribution in [1.82, 2.24) is 4.98 Å². The minimum Gasteiger partial charge on any atom is -0.384 e. The Morgan fingerprint density at radius 2 is 1.94 bits per heavy atom. The van der Waals surface area contributed by atoms with Gasteiger partial charge in [-0.1, -0.05) is 25.4 Å². The summed E-state index contributed by atoms with van der Waals surface area (Å²) in [4.78, 5) is 3.80. The van der Waals surface area contributed by atoms with Gasteiger partial charge in [-0.25, -0.2) is 4.98 Å². The van der Waals surface area contributed by atoms with Crippen LogP contribution in [-0.2, 0) is 0 Å². The molecule has 0 amide bonds. The van der Waals surface area contributed by atoms with Gasteiger partial charge in [-0.15, -0.1) is 0 Å². The molecule has 0 atom stereocenters. The highest BCUT2D eigenvalue weighted by atomic mass is 35.5. The third-order valence-electron chi connectivity index (χ3n) is 1.87. The molecule has 0 aliphatic carbocycles. The molecule has 1 N–H and O–H groups in total. The van der Waals surface area contributed by atoms with E-state index in [4.69, 9.17) is 11.6 Å². The second-order valence-corrected chi connectivity index (χ2v) is 3.42. The summed E-state index contributed by atoms with van der Waals surface area (Å²) in [5.74, 6) is 0. The number of rotatable bonds is 3. The lowest BCUT2D eigenvalue weighted by atomic mass is 10.2. The molecule has 0 fully saturated rings. The van der Waals surface area contributed by atoms with Gasteiger partial charge >= 0.3 is 6.18 Å². The molecule has 0 radical (unpaired) electrons. The number of aromatic nitrogens is 1. The molecule has 6 heteroatoms. The second kappa shape index (κ2) is 7.37. The van der Waals surface area contributed by atoms with E-state index in [-0.39, 0.29) is 6.54 Å². The summed E-state index contributed by atoms with van der Waals surface area (Å²) >= 11 is 5.71. The summed E-state index contributed by atoms with van der Waals surface area (Å²) < 4.78 is 35.6. The van der Waals surface area contributed by atoms with Crippen LogP contribution in [0.25, 0.3) is 0 Å². The molecular formula is C11H16ClF3N2. The number of nitrogens with zero attached hydrogens (tertiary/aromatic N) is 1. The average Bonchev–Trinajstić information content (AvgIpc) is 2.25. The maximum Gasteiger partial charge on any atom is 0.390 e. The van der Waals surface area contributed by atoms with E-state index in [0.29, 0.717) is 16.4 Å². The van der Waals surface area contributed by atoms with Gasteiger partial charge in [-0.2, -0.15) is 13.2 Å². The monoisotopic (exact) mass is 268 g/mol. The molecule has 0 spiro atoms. The minimum atomic E-state index is -4.14. The molecule has 2 nitrogen and oxygen atoms in total. The van der Waals surface area contributed by atoms with E-state index in [9.17, 15) is 13.2 Å². The molecule has 0 bridgehead atoms. The molecule has 1 rings (SSSR count). The van der Waals surface area contributed by atoms with E-state index in [1.54, 1.807) is 13.0 Å². The SMILES string of the molecule is CC.Cc1c(NCCC(F)(F)F)ccnc1Cl. The zero-order chi connectivity index (χ0) is 13.5. The van der Waals surface area contributed by atoms with Gasteiger partial charge in [0.2, 0.25) is 0 Å². The summed E-state index contributed by atoms with van der Waals surface area (Å²) in [5.41, 5.74) is 1.24. The van der Waals surface area contributed by atoms with Gasteiger partial charge in [0, 0.05) is 24.0 Å².